The predicted octanol–water partition coefficient (Wildman–Crippen LogP) is 0.788. The summed E-state index contributed by atoms with van der Waals surface area (Å²) in [5.74, 6) is -0.450. The van der Waals surface area contributed by atoms with Crippen LogP contribution in [0.5, 0.6) is 0 Å². The molecule has 0 amide bonds. The van der Waals surface area contributed by atoms with Crippen molar-refractivity contribution in [1.29, 1.82) is 0 Å². The molecule has 0 aromatic heterocycles. The lowest BCUT2D eigenvalue weighted by atomic mass is 10.4. The molecule has 0 aliphatic heterocycles. The number of rotatable bonds is 3. The Hall–Kier alpha value is -0.220. The van der Waals surface area contributed by atoms with Crippen molar-refractivity contribution in [3.05, 3.63) is 0 Å². The normalized spacial score (nSPS) is 11.2. The highest BCUT2D eigenvalue weighted by molar-refractivity contribution is 7.98. The first-order valence-electron chi connectivity index (χ1n) is 3.15. The van der Waals surface area contributed by atoms with E-state index in [9.17, 15) is 4.79 Å². The summed E-state index contributed by atoms with van der Waals surface area (Å²) in [5, 5.41) is 8.17. The standard InChI is InChI=1S/C4H9NO2S.C2H6/c1-8-2-3(5)4(6)7;1-2/h3H,2,5H2,1H3,(H,6,7);1-2H3. The van der Waals surface area contributed by atoms with Crippen LogP contribution >= 0.6 is 11.8 Å². The number of carboxylic acid groups (broad SMARTS) is 1. The molecule has 0 fully saturated rings. The second-order valence-corrected chi connectivity index (χ2v) is 2.31. The Morgan fingerprint density at radius 3 is 2.20 bits per heavy atom. The van der Waals surface area contributed by atoms with E-state index in [1.165, 1.54) is 11.8 Å². The average molecular weight is 165 g/mol. The molecule has 62 valence electrons. The van der Waals surface area contributed by atoms with Gasteiger partial charge in [-0.05, 0) is 6.26 Å². The molecule has 1 unspecified atom stereocenters. The number of aliphatic carboxylic acids is 1. The van der Waals surface area contributed by atoms with Gasteiger partial charge in [0.25, 0.3) is 0 Å². The van der Waals surface area contributed by atoms with Gasteiger partial charge < -0.3 is 10.8 Å². The van der Waals surface area contributed by atoms with Crippen molar-refractivity contribution in [3.63, 3.8) is 0 Å². The zero-order valence-electron chi connectivity index (χ0n) is 6.63. The number of carbonyl (C=O) groups is 1. The second-order valence-electron chi connectivity index (χ2n) is 1.40. The Morgan fingerprint density at radius 1 is 1.70 bits per heavy atom. The predicted molar refractivity (Wildman–Crippen MR) is 45.3 cm³/mol. The van der Waals surface area contributed by atoms with Crippen molar-refractivity contribution in [2.45, 2.75) is 19.9 Å². The Balaban J connectivity index is 0. The van der Waals surface area contributed by atoms with Crippen molar-refractivity contribution >= 4 is 17.7 Å². The molecule has 3 nitrogen and oxygen atoms in total. The molecule has 0 aliphatic carbocycles. The van der Waals surface area contributed by atoms with Crippen LogP contribution in [0.1, 0.15) is 13.8 Å². The van der Waals surface area contributed by atoms with Crippen LogP contribution in [0.15, 0.2) is 0 Å². The number of carboxylic acids is 1. The zero-order valence-corrected chi connectivity index (χ0v) is 7.44. The third kappa shape index (κ3) is 7.78. The molecule has 3 N–H and O–H groups in total. The van der Waals surface area contributed by atoms with E-state index in [2.05, 4.69) is 0 Å². The Bertz CT molecular complexity index is 87.8. The molecule has 0 aliphatic rings. The fourth-order valence-corrected chi connectivity index (χ4v) is 0.753. The summed E-state index contributed by atoms with van der Waals surface area (Å²) in [7, 11) is 0. The van der Waals surface area contributed by atoms with E-state index in [1.807, 2.05) is 20.1 Å². The van der Waals surface area contributed by atoms with Crippen molar-refractivity contribution in [1.82, 2.24) is 0 Å². The van der Waals surface area contributed by atoms with Gasteiger partial charge in [-0.1, -0.05) is 13.8 Å². The van der Waals surface area contributed by atoms with E-state index < -0.39 is 12.0 Å². The van der Waals surface area contributed by atoms with Crippen LogP contribution < -0.4 is 5.73 Å². The summed E-state index contributed by atoms with van der Waals surface area (Å²) in [5.41, 5.74) is 5.11. The van der Waals surface area contributed by atoms with Gasteiger partial charge in [0, 0.05) is 5.75 Å². The van der Waals surface area contributed by atoms with Gasteiger partial charge in [0.15, 0.2) is 0 Å². The first-order chi connectivity index (χ1) is 4.68. The molecule has 0 saturated carbocycles. The van der Waals surface area contributed by atoms with Gasteiger partial charge in [-0.15, -0.1) is 0 Å². The molecule has 0 aromatic carbocycles. The molecule has 0 bridgehead atoms. The van der Waals surface area contributed by atoms with Crippen molar-refractivity contribution < 1.29 is 9.90 Å². The zero-order chi connectivity index (χ0) is 8.57. The number of nitrogens with two attached hydrogens (primary N) is 1. The topological polar surface area (TPSA) is 63.3 Å². The van der Waals surface area contributed by atoms with Crippen LogP contribution in [0.3, 0.4) is 0 Å². The molecule has 0 rings (SSSR count). The Morgan fingerprint density at radius 2 is 2.10 bits per heavy atom. The SMILES string of the molecule is CC.CSCC(N)C(=O)O. The van der Waals surface area contributed by atoms with Gasteiger partial charge in [-0.2, -0.15) is 11.8 Å². The minimum atomic E-state index is -0.931. The van der Waals surface area contributed by atoms with Crippen LogP contribution in [-0.2, 0) is 4.79 Å². The fraction of sp³-hybridized carbons (Fsp3) is 0.833. The van der Waals surface area contributed by atoms with Crippen LogP contribution in [0.25, 0.3) is 0 Å². The van der Waals surface area contributed by atoms with Gasteiger partial charge >= 0.3 is 5.97 Å². The second kappa shape index (κ2) is 8.78. The lowest BCUT2D eigenvalue weighted by Crippen LogP contribution is -2.32. The fourth-order valence-electron chi connectivity index (χ4n) is 0.251. The Kier molecular flexibility index (Phi) is 10.9. The monoisotopic (exact) mass is 165 g/mol. The molecule has 0 spiro atoms. The minimum absolute atomic E-state index is 0.481. The van der Waals surface area contributed by atoms with E-state index in [0.29, 0.717) is 5.75 Å². The van der Waals surface area contributed by atoms with E-state index in [1.54, 1.807) is 0 Å². The van der Waals surface area contributed by atoms with Gasteiger partial charge in [0.2, 0.25) is 0 Å². The number of thioether (sulfide) groups is 1. The maximum atomic E-state index is 9.95. The van der Waals surface area contributed by atoms with E-state index in [-0.39, 0.29) is 0 Å². The summed E-state index contributed by atoms with van der Waals surface area (Å²) in [6.07, 6.45) is 1.82. The van der Waals surface area contributed by atoms with Gasteiger partial charge in [0.05, 0.1) is 0 Å². The highest BCUT2D eigenvalue weighted by Gasteiger charge is 2.08. The van der Waals surface area contributed by atoms with E-state index in [4.69, 9.17) is 10.8 Å². The van der Waals surface area contributed by atoms with Crippen LogP contribution in [0.4, 0.5) is 0 Å². The summed E-state index contributed by atoms with van der Waals surface area (Å²) < 4.78 is 0. The van der Waals surface area contributed by atoms with Gasteiger partial charge in [-0.3, -0.25) is 4.79 Å². The summed E-state index contributed by atoms with van der Waals surface area (Å²) in [6.45, 7) is 4.00. The van der Waals surface area contributed by atoms with Gasteiger partial charge in [0.1, 0.15) is 6.04 Å². The van der Waals surface area contributed by atoms with Crippen LogP contribution in [0, 0.1) is 0 Å². The molecule has 0 aromatic rings. The molecule has 0 saturated heterocycles. The number of hydrogen-bond acceptors (Lipinski definition) is 3. The smallest absolute Gasteiger partial charge is 0.321 e. The molecular weight excluding hydrogens is 150 g/mol. The summed E-state index contributed by atoms with van der Waals surface area (Å²) in [4.78, 5) is 9.95. The Labute approximate surface area is 66.0 Å². The maximum absolute atomic E-state index is 9.95. The summed E-state index contributed by atoms with van der Waals surface area (Å²) >= 11 is 1.43. The molecule has 4 heteroatoms. The number of hydrogen-bond donors (Lipinski definition) is 2. The van der Waals surface area contributed by atoms with Crippen LogP contribution in [-0.4, -0.2) is 29.1 Å². The molecular formula is C6H15NO2S. The highest BCUT2D eigenvalue weighted by Crippen LogP contribution is 1.93. The quantitative estimate of drug-likeness (QED) is 0.649. The minimum Gasteiger partial charge on any atom is -0.480 e. The largest absolute Gasteiger partial charge is 0.480 e. The van der Waals surface area contributed by atoms with Crippen LogP contribution in [0.2, 0.25) is 0 Å². The maximum Gasteiger partial charge on any atom is 0.321 e. The highest BCUT2D eigenvalue weighted by atomic mass is 32.2. The average Bonchev–Trinajstić information content (AvgIpc) is 1.93. The van der Waals surface area contributed by atoms with Crippen molar-refractivity contribution in [2.75, 3.05) is 12.0 Å². The first kappa shape index (κ1) is 12.5. The molecule has 0 heterocycles. The molecule has 10 heavy (non-hydrogen) atoms. The van der Waals surface area contributed by atoms with Crippen molar-refractivity contribution in [2.24, 2.45) is 5.73 Å². The molecule has 1 atom stereocenters. The lowest BCUT2D eigenvalue weighted by molar-refractivity contribution is -0.137. The van der Waals surface area contributed by atoms with Crippen molar-refractivity contribution in [3.8, 4) is 0 Å². The molecule has 0 radical (unpaired) electrons. The van der Waals surface area contributed by atoms with E-state index in [0.717, 1.165) is 0 Å². The lowest BCUT2D eigenvalue weighted by Gasteiger charge is -2.00. The third-order valence-corrected chi connectivity index (χ3v) is 1.36. The van der Waals surface area contributed by atoms with Gasteiger partial charge in [-0.25, -0.2) is 0 Å². The third-order valence-electron chi connectivity index (χ3n) is 0.663. The van der Waals surface area contributed by atoms with E-state index >= 15 is 0 Å². The first-order valence-corrected chi connectivity index (χ1v) is 4.55. The summed E-state index contributed by atoms with van der Waals surface area (Å²) in [6, 6.07) is -0.704.